The van der Waals surface area contributed by atoms with Crippen LogP contribution in [0.15, 0.2) is 89.7 Å². The van der Waals surface area contributed by atoms with Crippen LogP contribution >= 0.6 is 11.6 Å². The lowest BCUT2D eigenvalue weighted by molar-refractivity contribution is -0.0198. The number of H-pyrrole nitrogens is 1. The summed E-state index contributed by atoms with van der Waals surface area (Å²) in [5.41, 5.74) is 5.75. The van der Waals surface area contributed by atoms with Crippen molar-refractivity contribution < 1.29 is 22.7 Å². The van der Waals surface area contributed by atoms with Gasteiger partial charge in [-0.15, -0.1) is 0 Å². The topological polar surface area (TPSA) is 178 Å². The third-order valence-corrected chi connectivity index (χ3v) is 15.0. The van der Waals surface area contributed by atoms with Crippen LogP contribution in [0.5, 0.6) is 11.5 Å². The van der Waals surface area contributed by atoms with E-state index in [1.165, 1.54) is 29.0 Å². The number of hydrogen-bond acceptors (Lipinski definition) is 12. The number of rotatable bonds is 12. The van der Waals surface area contributed by atoms with E-state index in [0.29, 0.717) is 41.9 Å². The number of carbonyl (C=O) groups excluding carboxylic acids is 1. The van der Waals surface area contributed by atoms with Gasteiger partial charge in [-0.1, -0.05) is 49.2 Å². The Bertz CT molecular complexity index is 2710. The van der Waals surface area contributed by atoms with Crippen LogP contribution < -0.4 is 25.0 Å². The summed E-state index contributed by atoms with van der Waals surface area (Å²) in [6.07, 6.45) is 11.6. The number of para-hydroxylation sites is 1. The van der Waals surface area contributed by atoms with E-state index >= 15 is 0 Å². The number of aromatic nitrogens is 3. The van der Waals surface area contributed by atoms with Crippen molar-refractivity contribution in [3.63, 3.8) is 0 Å². The van der Waals surface area contributed by atoms with E-state index in [9.17, 15) is 18.5 Å². The highest BCUT2D eigenvalue weighted by Crippen LogP contribution is 2.44. The second-order valence-corrected chi connectivity index (χ2v) is 20.6. The quantitative estimate of drug-likeness (QED) is 0.0947. The second-order valence-electron chi connectivity index (χ2n) is 18.5. The third-order valence-electron chi connectivity index (χ3n) is 13.5. The average molecular weight is 919 g/mol. The van der Waals surface area contributed by atoms with Gasteiger partial charge in [0, 0.05) is 74.7 Å². The Kier molecular flexibility index (Phi) is 13.2. The Morgan fingerprint density at radius 3 is 2.58 bits per heavy atom. The van der Waals surface area contributed by atoms with E-state index < -0.39 is 15.9 Å². The van der Waals surface area contributed by atoms with Crippen molar-refractivity contribution in [1.29, 1.82) is 5.26 Å². The van der Waals surface area contributed by atoms with Gasteiger partial charge in [-0.3, -0.25) is 9.69 Å². The van der Waals surface area contributed by atoms with Crippen LogP contribution in [0.2, 0.25) is 5.02 Å². The summed E-state index contributed by atoms with van der Waals surface area (Å²) in [5.74, 6) is 0.502. The number of nitrogens with zero attached hydrogens (tertiary/aromatic N) is 5. The number of ether oxygens (including phenoxy) is 2. The minimum Gasteiger partial charge on any atom is -0.453 e. The zero-order valence-electron chi connectivity index (χ0n) is 36.9. The van der Waals surface area contributed by atoms with Gasteiger partial charge >= 0.3 is 0 Å². The number of carbonyl (C=O) groups is 1. The number of aromatic amines is 1. The van der Waals surface area contributed by atoms with E-state index in [1.807, 2.05) is 30.3 Å². The van der Waals surface area contributed by atoms with Crippen LogP contribution in [0.1, 0.15) is 80.3 Å². The van der Waals surface area contributed by atoms with Crippen molar-refractivity contribution in [3.8, 4) is 17.6 Å². The molecule has 2 saturated heterocycles. The summed E-state index contributed by atoms with van der Waals surface area (Å²) < 4.78 is 42.6. The van der Waals surface area contributed by atoms with Gasteiger partial charge in [0.05, 0.1) is 35.7 Å². The molecular weight excluding hydrogens is 862 g/mol. The zero-order chi connectivity index (χ0) is 45.1. The molecule has 16 heteroatoms. The van der Waals surface area contributed by atoms with Crippen molar-refractivity contribution in [2.45, 2.75) is 75.8 Å². The maximum atomic E-state index is 14.2. The first-order chi connectivity index (χ1) is 31.4. The molecule has 5 aromatic rings. The first-order valence-corrected chi connectivity index (χ1v) is 24.5. The van der Waals surface area contributed by atoms with Gasteiger partial charge in [-0.05, 0) is 110 Å². The summed E-state index contributed by atoms with van der Waals surface area (Å²) in [6.45, 7) is 10.9. The molecule has 2 aliphatic heterocycles. The van der Waals surface area contributed by atoms with Crippen LogP contribution in [0.3, 0.4) is 0 Å². The number of pyridine rings is 2. The van der Waals surface area contributed by atoms with Crippen molar-refractivity contribution in [2.75, 3.05) is 62.6 Å². The normalized spacial score (nSPS) is 21.8. The van der Waals surface area contributed by atoms with Gasteiger partial charge in [-0.2, -0.15) is 5.26 Å². The number of fused-ring (bicyclic) bond motifs is 1. The summed E-state index contributed by atoms with van der Waals surface area (Å²) >= 11 is 6.27. The van der Waals surface area contributed by atoms with Crippen LogP contribution in [0, 0.1) is 22.7 Å². The molecule has 9 rings (SSSR count). The predicted octanol–water partition coefficient (Wildman–Crippen LogP) is 8.14. The standard InChI is InChI=1S/C49H56ClN9O5S/c1-49(2)16-14-35(42(26-49)32-6-10-37(50)11-7-32)31-58-19-21-59(22-20-58)43-5-3-4-41(45(43)64-39-24-34-15-17-53-46(34)54-28-39)48(60)57-65(61,62)40-25-36(27-51)47(55-29-40)56-38-12-8-33(9-13-38)44-30-52-18-23-63-44/h3-7,10-11,15,17,24-25,28-29,33,38,44,52H,8-9,12-14,16,18-23,26,30-31H2,1-2H3,(H,53,54)(H,55,56)(H,57,60). The Morgan fingerprint density at radius 2 is 1.83 bits per heavy atom. The molecule has 2 aliphatic carbocycles. The highest BCUT2D eigenvalue weighted by atomic mass is 35.5. The minimum absolute atomic E-state index is 0.0296. The lowest BCUT2D eigenvalue weighted by atomic mass is 9.72. The average Bonchev–Trinajstić information content (AvgIpc) is 3.79. The third kappa shape index (κ3) is 10.3. The van der Waals surface area contributed by atoms with Crippen molar-refractivity contribution in [3.05, 3.63) is 107 Å². The fraction of sp³-hybridized carbons (Fsp3) is 0.429. The number of benzene rings is 2. The van der Waals surface area contributed by atoms with Gasteiger partial charge < -0.3 is 30.0 Å². The molecule has 1 saturated carbocycles. The number of nitrogens with one attached hydrogen (secondary N) is 4. The largest absolute Gasteiger partial charge is 0.453 e. The Hall–Kier alpha value is -5.50. The maximum absolute atomic E-state index is 14.2. The highest BCUT2D eigenvalue weighted by Gasteiger charge is 2.33. The molecule has 1 atom stereocenters. The predicted molar refractivity (Wildman–Crippen MR) is 253 cm³/mol. The van der Waals surface area contributed by atoms with Crippen molar-refractivity contribution in [2.24, 2.45) is 11.3 Å². The number of allylic oxidation sites excluding steroid dienone is 1. The lowest BCUT2D eigenvalue weighted by Crippen LogP contribution is -2.47. The molecule has 340 valence electrons. The van der Waals surface area contributed by atoms with Crippen molar-refractivity contribution in [1.82, 2.24) is 29.9 Å². The minimum atomic E-state index is -4.48. The summed E-state index contributed by atoms with van der Waals surface area (Å²) in [5, 5.41) is 18.4. The van der Waals surface area contributed by atoms with Crippen molar-refractivity contribution >= 4 is 55.6 Å². The van der Waals surface area contributed by atoms with E-state index in [1.54, 1.807) is 24.5 Å². The Labute approximate surface area is 385 Å². The number of morpholine rings is 1. The van der Waals surface area contributed by atoms with Gasteiger partial charge in [0.25, 0.3) is 15.9 Å². The molecule has 4 N–H and O–H groups in total. The zero-order valence-corrected chi connectivity index (χ0v) is 38.5. The number of amides is 1. The lowest BCUT2D eigenvalue weighted by Gasteiger charge is -2.39. The molecule has 5 heterocycles. The van der Waals surface area contributed by atoms with Crippen LogP contribution in [0.25, 0.3) is 16.6 Å². The van der Waals surface area contributed by atoms with Crippen LogP contribution in [-0.2, 0) is 14.8 Å². The fourth-order valence-corrected chi connectivity index (χ4v) is 10.8. The first-order valence-electron chi connectivity index (χ1n) is 22.7. The fourth-order valence-electron chi connectivity index (χ4n) is 9.78. The number of anilines is 2. The van der Waals surface area contributed by atoms with Gasteiger partial charge in [0.15, 0.2) is 5.75 Å². The molecule has 2 aromatic carbocycles. The van der Waals surface area contributed by atoms with E-state index in [0.717, 1.165) is 94.7 Å². The summed E-state index contributed by atoms with van der Waals surface area (Å²) in [4.78, 5) is 30.5. The molecular formula is C49H56ClN9O5S. The molecule has 65 heavy (non-hydrogen) atoms. The maximum Gasteiger partial charge on any atom is 0.268 e. The van der Waals surface area contributed by atoms with Gasteiger partial charge in [0.1, 0.15) is 28.2 Å². The molecule has 4 aliphatic rings. The van der Waals surface area contributed by atoms with E-state index in [2.05, 4.69) is 72.2 Å². The molecule has 0 spiro atoms. The first kappa shape index (κ1) is 44.7. The number of sulfonamides is 1. The summed E-state index contributed by atoms with van der Waals surface area (Å²) in [7, 11) is -4.48. The SMILES string of the molecule is CC1(C)CCC(CN2CCN(c3cccc(C(=O)NS(=O)(=O)c4cnc(NC5CCC(C6CNCCO6)CC5)c(C#N)c4)c3Oc3cnc4[nH]ccc4c3)CC2)=C(c2ccc(Cl)cc2)C1. The molecule has 0 radical (unpaired) electrons. The molecule has 1 unspecified atom stereocenters. The number of halogens is 1. The Balaban J connectivity index is 0.921. The van der Waals surface area contributed by atoms with Crippen LogP contribution in [0.4, 0.5) is 11.5 Å². The monoisotopic (exact) mass is 917 g/mol. The van der Waals surface area contributed by atoms with Gasteiger partial charge in [0.2, 0.25) is 0 Å². The highest BCUT2D eigenvalue weighted by molar-refractivity contribution is 7.90. The Morgan fingerprint density at radius 1 is 1.03 bits per heavy atom. The molecule has 3 aromatic heterocycles. The van der Waals surface area contributed by atoms with Crippen LogP contribution in [-0.4, -0.2) is 98.7 Å². The smallest absolute Gasteiger partial charge is 0.268 e. The van der Waals surface area contributed by atoms with Gasteiger partial charge in [-0.25, -0.2) is 23.1 Å². The molecule has 14 nitrogen and oxygen atoms in total. The van der Waals surface area contributed by atoms with E-state index in [4.69, 9.17) is 21.1 Å². The van der Waals surface area contributed by atoms with E-state index in [-0.39, 0.29) is 39.3 Å². The number of nitriles is 1. The number of hydrogen-bond donors (Lipinski definition) is 4. The second kappa shape index (κ2) is 19.1. The molecule has 3 fully saturated rings. The molecule has 0 bridgehead atoms. The summed E-state index contributed by atoms with van der Waals surface area (Å²) in [6, 6.07) is 20.5. The number of piperazine rings is 1. The molecule has 1 amide bonds.